The van der Waals surface area contributed by atoms with Gasteiger partial charge in [-0.05, 0) is 38.5 Å². The molecule has 0 aliphatic heterocycles. The Morgan fingerprint density at radius 1 is 0.320 bits per heavy atom. The molecule has 0 aromatic heterocycles. The molecule has 0 heterocycles. The highest BCUT2D eigenvalue weighted by Gasteiger charge is 2.03. The molecular formula is C48H94O2. The minimum atomic E-state index is 0.0253. The molecular weight excluding hydrogens is 609 g/mol. The first kappa shape index (κ1) is 49.2. The second-order valence-electron chi connectivity index (χ2n) is 16.1. The standard InChI is InChI=1S/C48H94O2/c1-3-5-7-9-11-13-15-17-19-21-22-23-24-25-26-27-28-29-31-33-35-37-39-41-43-45-47-50-48(49)46-44-42-40-38-36-34-32-30-20-18-16-14-12-10-8-6-4-2/h18,20H,3-17,19,21-47H2,1-2H3/b20-18-. The fraction of sp³-hybridized carbons (Fsp3) is 0.938. The number of ether oxygens (including phenoxy) is 1. The van der Waals surface area contributed by atoms with E-state index >= 15 is 0 Å². The van der Waals surface area contributed by atoms with Crippen molar-refractivity contribution in [2.24, 2.45) is 0 Å². The van der Waals surface area contributed by atoms with E-state index in [9.17, 15) is 4.79 Å². The van der Waals surface area contributed by atoms with Crippen molar-refractivity contribution in [2.75, 3.05) is 6.61 Å². The smallest absolute Gasteiger partial charge is 0.305 e. The average molecular weight is 703 g/mol. The van der Waals surface area contributed by atoms with E-state index in [0.717, 1.165) is 12.8 Å². The lowest BCUT2D eigenvalue weighted by Crippen LogP contribution is -2.05. The molecule has 0 spiro atoms. The summed E-state index contributed by atoms with van der Waals surface area (Å²) in [5.41, 5.74) is 0. The van der Waals surface area contributed by atoms with Gasteiger partial charge in [0.2, 0.25) is 0 Å². The number of hydrogen-bond donors (Lipinski definition) is 0. The number of rotatable bonds is 44. The van der Waals surface area contributed by atoms with E-state index < -0.39 is 0 Å². The van der Waals surface area contributed by atoms with Crippen molar-refractivity contribution in [2.45, 2.75) is 284 Å². The lowest BCUT2D eigenvalue weighted by atomic mass is 10.0. The normalized spacial score (nSPS) is 11.6. The van der Waals surface area contributed by atoms with E-state index in [2.05, 4.69) is 26.0 Å². The molecule has 0 saturated heterocycles. The number of carbonyl (C=O) groups is 1. The van der Waals surface area contributed by atoms with Gasteiger partial charge in [0, 0.05) is 6.42 Å². The zero-order valence-corrected chi connectivity index (χ0v) is 34.9. The topological polar surface area (TPSA) is 26.3 Å². The number of carbonyl (C=O) groups excluding carboxylic acids is 1. The van der Waals surface area contributed by atoms with Crippen LogP contribution in [0.5, 0.6) is 0 Å². The van der Waals surface area contributed by atoms with E-state index in [1.165, 1.54) is 250 Å². The average Bonchev–Trinajstić information content (AvgIpc) is 3.12. The Morgan fingerprint density at radius 3 is 0.860 bits per heavy atom. The Balaban J connectivity index is 3.16. The molecule has 0 fully saturated rings. The molecule has 0 amide bonds. The summed E-state index contributed by atoms with van der Waals surface area (Å²) in [6, 6.07) is 0. The van der Waals surface area contributed by atoms with Crippen molar-refractivity contribution in [3.05, 3.63) is 12.2 Å². The Kier molecular flexibility index (Phi) is 45.5. The van der Waals surface area contributed by atoms with Gasteiger partial charge in [0.1, 0.15) is 0 Å². The lowest BCUT2D eigenvalue weighted by Gasteiger charge is -2.06. The highest BCUT2D eigenvalue weighted by atomic mass is 16.5. The van der Waals surface area contributed by atoms with Gasteiger partial charge in [-0.25, -0.2) is 0 Å². The number of allylic oxidation sites excluding steroid dienone is 2. The molecule has 0 aromatic carbocycles. The molecule has 0 aromatic rings. The second kappa shape index (κ2) is 46.2. The third kappa shape index (κ3) is 45.2. The van der Waals surface area contributed by atoms with Crippen LogP contribution in [0.2, 0.25) is 0 Å². The van der Waals surface area contributed by atoms with Crippen molar-refractivity contribution in [3.63, 3.8) is 0 Å². The first-order chi connectivity index (χ1) is 24.8. The summed E-state index contributed by atoms with van der Waals surface area (Å²) in [5.74, 6) is 0.0253. The summed E-state index contributed by atoms with van der Waals surface area (Å²) in [5, 5.41) is 0. The van der Waals surface area contributed by atoms with Gasteiger partial charge in [-0.15, -0.1) is 0 Å². The van der Waals surface area contributed by atoms with E-state index in [1.54, 1.807) is 0 Å². The highest BCUT2D eigenvalue weighted by Crippen LogP contribution is 2.17. The Labute approximate surface area is 316 Å². The molecule has 0 rings (SSSR count). The van der Waals surface area contributed by atoms with Gasteiger partial charge in [-0.3, -0.25) is 4.79 Å². The summed E-state index contributed by atoms with van der Waals surface area (Å²) in [4.78, 5) is 12.0. The first-order valence-electron chi connectivity index (χ1n) is 23.6. The molecule has 0 radical (unpaired) electrons. The van der Waals surface area contributed by atoms with Crippen molar-refractivity contribution in [1.82, 2.24) is 0 Å². The Hall–Kier alpha value is -0.790. The third-order valence-corrected chi connectivity index (χ3v) is 10.9. The molecule has 2 nitrogen and oxygen atoms in total. The molecule has 0 aliphatic rings. The molecule has 298 valence electrons. The van der Waals surface area contributed by atoms with Crippen molar-refractivity contribution in [3.8, 4) is 0 Å². The lowest BCUT2D eigenvalue weighted by molar-refractivity contribution is -0.143. The number of esters is 1. The molecule has 0 aliphatic carbocycles. The van der Waals surface area contributed by atoms with E-state index in [-0.39, 0.29) is 5.97 Å². The monoisotopic (exact) mass is 703 g/mol. The van der Waals surface area contributed by atoms with Gasteiger partial charge >= 0.3 is 5.97 Å². The van der Waals surface area contributed by atoms with Gasteiger partial charge in [-0.2, -0.15) is 0 Å². The van der Waals surface area contributed by atoms with E-state index in [0.29, 0.717) is 13.0 Å². The van der Waals surface area contributed by atoms with Crippen LogP contribution in [0.3, 0.4) is 0 Å². The van der Waals surface area contributed by atoms with Crippen LogP contribution in [-0.2, 0) is 9.53 Å². The minimum absolute atomic E-state index is 0.0253. The minimum Gasteiger partial charge on any atom is -0.466 e. The van der Waals surface area contributed by atoms with Crippen LogP contribution < -0.4 is 0 Å². The maximum Gasteiger partial charge on any atom is 0.305 e. The van der Waals surface area contributed by atoms with Crippen molar-refractivity contribution < 1.29 is 9.53 Å². The van der Waals surface area contributed by atoms with E-state index in [1.807, 2.05) is 0 Å². The molecule has 0 unspecified atom stereocenters. The number of unbranched alkanes of at least 4 members (excludes halogenated alkanes) is 38. The molecule has 2 heteroatoms. The van der Waals surface area contributed by atoms with Crippen LogP contribution >= 0.6 is 0 Å². The first-order valence-corrected chi connectivity index (χ1v) is 23.6. The third-order valence-electron chi connectivity index (χ3n) is 10.9. The van der Waals surface area contributed by atoms with Gasteiger partial charge in [-0.1, -0.05) is 251 Å². The predicted molar refractivity (Wildman–Crippen MR) is 225 cm³/mol. The quantitative estimate of drug-likeness (QED) is 0.0359. The van der Waals surface area contributed by atoms with E-state index in [4.69, 9.17) is 4.74 Å². The van der Waals surface area contributed by atoms with Gasteiger partial charge < -0.3 is 4.74 Å². The molecule has 0 bridgehead atoms. The summed E-state index contributed by atoms with van der Waals surface area (Å²) in [6.07, 6.45) is 61.9. The van der Waals surface area contributed by atoms with Gasteiger partial charge in [0.25, 0.3) is 0 Å². The fourth-order valence-electron chi connectivity index (χ4n) is 7.37. The van der Waals surface area contributed by atoms with Crippen molar-refractivity contribution in [1.29, 1.82) is 0 Å². The maximum absolute atomic E-state index is 12.0. The number of hydrogen-bond acceptors (Lipinski definition) is 2. The summed E-state index contributed by atoms with van der Waals surface area (Å²) < 4.78 is 5.48. The molecule has 0 N–H and O–H groups in total. The summed E-state index contributed by atoms with van der Waals surface area (Å²) in [6.45, 7) is 5.22. The zero-order valence-electron chi connectivity index (χ0n) is 34.9. The fourth-order valence-corrected chi connectivity index (χ4v) is 7.37. The second-order valence-corrected chi connectivity index (χ2v) is 16.1. The van der Waals surface area contributed by atoms with Crippen molar-refractivity contribution >= 4 is 5.97 Å². The Bertz CT molecular complexity index is 640. The molecule has 0 saturated carbocycles. The van der Waals surface area contributed by atoms with Gasteiger partial charge in [0.15, 0.2) is 0 Å². The highest BCUT2D eigenvalue weighted by molar-refractivity contribution is 5.69. The Morgan fingerprint density at radius 2 is 0.560 bits per heavy atom. The summed E-state index contributed by atoms with van der Waals surface area (Å²) in [7, 11) is 0. The largest absolute Gasteiger partial charge is 0.466 e. The van der Waals surface area contributed by atoms with Crippen LogP contribution in [0.15, 0.2) is 12.2 Å². The van der Waals surface area contributed by atoms with Crippen LogP contribution in [0, 0.1) is 0 Å². The molecule has 50 heavy (non-hydrogen) atoms. The predicted octanol–water partition coefficient (Wildman–Crippen LogP) is 17.5. The van der Waals surface area contributed by atoms with Crippen LogP contribution in [-0.4, -0.2) is 12.6 Å². The van der Waals surface area contributed by atoms with Crippen LogP contribution in [0.25, 0.3) is 0 Å². The maximum atomic E-state index is 12.0. The van der Waals surface area contributed by atoms with Crippen LogP contribution in [0.4, 0.5) is 0 Å². The molecule has 0 atom stereocenters. The van der Waals surface area contributed by atoms with Gasteiger partial charge in [0.05, 0.1) is 6.61 Å². The SMILES string of the molecule is CCCCCCCC/C=C\CCCCCCCCCC(=O)OCCCCCCCCCCCCCCCCCCCCCCCCCCCC. The zero-order chi connectivity index (χ0) is 36.1. The van der Waals surface area contributed by atoms with Crippen LogP contribution in [0.1, 0.15) is 284 Å². The summed E-state index contributed by atoms with van der Waals surface area (Å²) >= 11 is 0.